The van der Waals surface area contributed by atoms with Gasteiger partial charge in [-0.3, -0.25) is 0 Å². The molecule has 0 radical (unpaired) electrons. The van der Waals surface area contributed by atoms with Crippen LogP contribution < -0.4 is 5.32 Å². The van der Waals surface area contributed by atoms with E-state index >= 15 is 0 Å². The van der Waals surface area contributed by atoms with Crippen molar-refractivity contribution in [2.45, 2.75) is 6.42 Å². The summed E-state index contributed by atoms with van der Waals surface area (Å²) >= 11 is 5.71. The van der Waals surface area contributed by atoms with E-state index in [0.29, 0.717) is 23.6 Å². The molecule has 1 aromatic heterocycles. The molecule has 2 rings (SSSR count). The van der Waals surface area contributed by atoms with E-state index in [-0.39, 0.29) is 5.02 Å². The van der Waals surface area contributed by atoms with E-state index in [1.54, 1.807) is 12.1 Å². The molecule has 0 aliphatic rings. The first-order chi connectivity index (χ1) is 8.22. The van der Waals surface area contributed by atoms with Crippen LogP contribution in [0.2, 0.25) is 5.02 Å². The third-order valence-corrected chi connectivity index (χ3v) is 2.65. The summed E-state index contributed by atoms with van der Waals surface area (Å²) in [6.45, 7) is 0.762. The third kappa shape index (κ3) is 2.65. The van der Waals surface area contributed by atoms with Crippen molar-refractivity contribution < 1.29 is 8.81 Å². The molecule has 0 amide bonds. The first-order valence-corrected chi connectivity index (χ1v) is 5.64. The molecule has 0 atom stereocenters. The number of nitrogens with one attached hydrogen (secondary N) is 1. The zero-order valence-corrected chi connectivity index (χ0v) is 10.1. The summed E-state index contributed by atoms with van der Waals surface area (Å²) in [4.78, 5) is 4.08. The van der Waals surface area contributed by atoms with Crippen LogP contribution in [0.5, 0.6) is 0 Å². The minimum absolute atomic E-state index is 0.0793. The minimum atomic E-state index is -0.481. The van der Waals surface area contributed by atoms with Gasteiger partial charge in [0.15, 0.2) is 17.5 Å². The van der Waals surface area contributed by atoms with E-state index in [4.69, 9.17) is 16.0 Å². The summed E-state index contributed by atoms with van der Waals surface area (Å²) < 4.78 is 19.2. The summed E-state index contributed by atoms with van der Waals surface area (Å²) in [5.74, 6) is 0.496. The highest BCUT2D eigenvalue weighted by Crippen LogP contribution is 2.27. The summed E-state index contributed by atoms with van der Waals surface area (Å²) in [5.41, 5.74) is 0.334. The van der Waals surface area contributed by atoms with Gasteiger partial charge in [-0.1, -0.05) is 17.7 Å². The van der Waals surface area contributed by atoms with Crippen LogP contribution in [0.3, 0.4) is 0 Å². The van der Waals surface area contributed by atoms with Crippen LogP contribution >= 0.6 is 11.6 Å². The highest BCUT2D eigenvalue weighted by molar-refractivity contribution is 6.31. The number of halogens is 2. The molecule has 2 aromatic rings. The molecule has 90 valence electrons. The van der Waals surface area contributed by atoms with Gasteiger partial charge < -0.3 is 9.73 Å². The number of nitrogens with zero attached hydrogens (tertiary/aromatic N) is 1. The predicted octanol–water partition coefficient (Wildman–Crippen LogP) is 2.90. The molecule has 5 heteroatoms. The number of benzene rings is 1. The highest BCUT2D eigenvalue weighted by atomic mass is 35.5. The maximum Gasteiger partial charge on any atom is 0.196 e. The quantitative estimate of drug-likeness (QED) is 0.912. The Morgan fingerprint density at radius 1 is 1.47 bits per heavy atom. The predicted molar refractivity (Wildman–Crippen MR) is 64.5 cm³/mol. The van der Waals surface area contributed by atoms with Crippen molar-refractivity contribution in [2.24, 2.45) is 0 Å². The molecule has 1 N–H and O–H groups in total. The molecule has 3 nitrogen and oxygen atoms in total. The largest absolute Gasteiger partial charge is 0.441 e. The molecule has 0 aliphatic carbocycles. The lowest BCUT2D eigenvalue weighted by Gasteiger charge is -2.00. The Morgan fingerprint density at radius 3 is 3.06 bits per heavy atom. The third-order valence-electron chi connectivity index (χ3n) is 2.36. The van der Waals surface area contributed by atoms with Crippen molar-refractivity contribution >= 4 is 11.6 Å². The molecule has 0 fully saturated rings. The van der Waals surface area contributed by atoms with Gasteiger partial charge in [-0.25, -0.2) is 9.37 Å². The number of likely N-dealkylation sites (N-methyl/N-ethyl adjacent to an activating group) is 1. The number of rotatable bonds is 4. The molecule has 0 spiro atoms. The van der Waals surface area contributed by atoms with Crippen LogP contribution in [-0.4, -0.2) is 18.6 Å². The Labute approximate surface area is 104 Å². The topological polar surface area (TPSA) is 38.1 Å². The molecule has 1 heterocycles. The van der Waals surface area contributed by atoms with Crippen LogP contribution in [0.25, 0.3) is 11.3 Å². The van der Waals surface area contributed by atoms with Crippen LogP contribution in [0.1, 0.15) is 5.89 Å². The average Bonchev–Trinajstić information content (AvgIpc) is 2.78. The Morgan fingerprint density at radius 2 is 2.29 bits per heavy atom. The smallest absolute Gasteiger partial charge is 0.196 e. The van der Waals surface area contributed by atoms with Crippen LogP contribution in [-0.2, 0) is 6.42 Å². The molecule has 0 unspecified atom stereocenters. The lowest BCUT2D eigenvalue weighted by molar-refractivity contribution is 0.497. The monoisotopic (exact) mass is 254 g/mol. The summed E-state index contributed by atoms with van der Waals surface area (Å²) in [6.07, 6.45) is 2.18. The van der Waals surface area contributed by atoms with Crippen molar-refractivity contribution in [3.05, 3.63) is 41.1 Å². The van der Waals surface area contributed by atoms with Crippen LogP contribution in [0.4, 0.5) is 4.39 Å². The Kier molecular flexibility index (Phi) is 3.76. The van der Waals surface area contributed by atoms with Gasteiger partial charge in [0.25, 0.3) is 0 Å². The van der Waals surface area contributed by atoms with E-state index in [0.717, 1.165) is 6.54 Å². The second kappa shape index (κ2) is 5.29. The molecule has 0 saturated carbocycles. The molecule has 1 aromatic carbocycles. The van der Waals surface area contributed by atoms with Crippen molar-refractivity contribution in [3.8, 4) is 11.3 Å². The van der Waals surface area contributed by atoms with E-state index in [1.807, 2.05) is 7.05 Å². The lowest BCUT2D eigenvalue weighted by atomic mass is 10.2. The fraction of sp³-hybridized carbons (Fsp3) is 0.250. The van der Waals surface area contributed by atoms with Crippen molar-refractivity contribution in [3.63, 3.8) is 0 Å². The SMILES string of the molecule is CNCCc1ncc(-c2cccc(Cl)c2F)o1. The summed E-state index contributed by atoms with van der Waals surface area (Å²) in [5, 5.41) is 3.07. The van der Waals surface area contributed by atoms with Gasteiger partial charge in [0, 0.05) is 13.0 Å². The van der Waals surface area contributed by atoms with Gasteiger partial charge in [0.05, 0.1) is 16.8 Å². The van der Waals surface area contributed by atoms with Crippen molar-refractivity contribution in [2.75, 3.05) is 13.6 Å². The van der Waals surface area contributed by atoms with Gasteiger partial charge in [0.1, 0.15) is 0 Å². The van der Waals surface area contributed by atoms with E-state index in [1.165, 1.54) is 12.3 Å². The maximum absolute atomic E-state index is 13.7. The Balaban J connectivity index is 2.27. The lowest BCUT2D eigenvalue weighted by Crippen LogP contribution is -2.10. The molecule has 17 heavy (non-hydrogen) atoms. The number of oxazole rings is 1. The fourth-order valence-corrected chi connectivity index (χ4v) is 1.65. The van der Waals surface area contributed by atoms with E-state index in [2.05, 4.69) is 10.3 Å². The van der Waals surface area contributed by atoms with Gasteiger partial charge >= 0.3 is 0 Å². The molecular weight excluding hydrogens is 243 g/mol. The van der Waals surface area contributed by atoms with Gasteiger partial charge in [-0.2, -0.15) is 0 Å². The van der Waals surface area contributed by atoms with Crippen LogP contribution in [0.15, 0.2) is 28.8 Å². The zero-order chi connectivity index (χ0) is 12.3. The van der Waals surface area contributed by atoms with Crippen molar-refractivity contribution in [1.82, 2.24) is 10.3 Å². The van der Waals surface area contributed by atoms with E-state index < -0.39 is 5.82 Å². The number of aromatic nitrogens is 1. The highest BCUT2D eigenvalue weighted by Gasteiger charge is 2.12. The Bertz CT molecular complexity index is 513. The van der Waals surface area contributed by atoms with Gasteiger partial charge in [-0.15, -0.1) is 0 Å². The van der Waals surface area contributed by atoms with Crippen molar-refractivity contribution in [1.29, 1.82) is 0 Å². The Hall–Kier alpha value is -1.39. The normalized spacial score (nSPS) is 10.8. The van der Waals surface area contributed by atoms with Gasteiger partial charge in [0.2, 0.25) is 0 Å². The summed E-state index contributed by atoms with van der Waals surface area (Å²) in [7, 11) is 1.85. The second-order valence-electron chi connectivity index (χ2n) is 3.57. The standard InChI is InChI=1S/C12H12ClFN2O/c1-15-6-5-11-16-7-10(17-11)8-3-2-4-9(13)12(8)14/h2-4,7,15H,5-6H2,1H3. The van der Waals surface area contributed by atoms with Crippen LogP contribution in [0, 0.1) is 5.82 Å². The molecule has 0 bridgehead atoms. The zero-order valence-electron chi connectivity index (χ0n) is 9.34. The fourth-order valence-electron chi connectivity index (χ4n) is 1.48. The first kappa shape index (κ1) is 12.1. The molecule has 0 aliphatic heterocycles. The number of hydrogen-bond donors (Lipinski definition) is 1. The molecular formula is C12H12ClFN2O. The average molecular weight is 255 g/mol. The van der Waals surface area contributed by atoms with Gasteiger partial charge in [-0.05, 0) is 19.2 Å². The molecule has 0 saturated heterocycles. The first-order valence-electron chi connectivity index (χ1n) is 5.26. The minimum Gasteiger partial charge on any atom is -0.441 e. The second-order valence-corrected chi connectivity index (χ2v) is 3.98. The van der Waals surface area contributed by atoms with E-state index in [9.17, 15) is 4.39 Å². The number of hydrogen-bond acceptors (Lipinski definition) is 3. The maximum atomic E-state index is 13.7. The summed E-state index contributed by atoms with van der Waals surface area (Å²) in [6, 6.07) is 4.79.